The second kappa shape index (κ2) is 5.47. The number of rotatable bonds is 3. The lowest BCUT2D eigenvalue weighted by molar-refractivity contribution is 0.0786. The number of ether oxygens (including phenoxy) is 2. The molecular weight excluding hydrogens is 264 g/mol. The highest BCUT2D eigenvalue weighted by molar-refractivity contribution is 5.55. The fourth-order valence-electron chi connectivity index (χ4n) is 2.63. The van der Waals surface area contributed by atoms with E-state index in [1.54, 1.807) is 7.11 Å². The van der Waals surface area contributed by atoms with Gasteiger partial charge < -0.3 is 14.8 Å². The van der Waals surface area contributed by atoms with Gasteiger partial charge >= 0.3 is 0 Å². The number of hydrogen-bond donors (Lipinski definition) is 1. The van der Waals surface area contributed by atoms with Gasteiger partial charge in [0, 0.05) is 11.8 Å². The fraction of sp³-hybridized carbons (Fsp3) is 0.235. The lowest BCUT2D eigenvalue weighted by Crippen LogP contribution is -2.42. The van der Waals surface area contributed by atoms with Crippen molar-refractivity contribution in [1.82, 2.24) is 0 Å². The van der Waals surface area contributed by atoms with Gasteiger partial charge in [0.15, 0.2) is 5.54 Å². The van der Waals surface area contributed by atoms with E-state index in [1.165, 1.54) is 0 Å². The highest BCUT2D eigenvalue weighted by Crippen LogP contribution is 2.34. The Labute approximate surface area is 123 Å². The van der Waals surface area contributed by atoms with Gasteiger partial charge in [0.1, 0.15) is 5.75 Å². The number of benzene rings is 2. The van der Waals surface area contributed by atoms with E-state index < -0.39 is 5.54 Å². The third kappa shape index (κ3) is 2.44. The van der Waals surface area contributed by atoms with Crippen LogP contribution in [0.4, 0.5) is 5.69 Å². The Morgan fingerprint density at radius 1 is 1.24 bits per heavy atom. The maximum Gasteiger partial charge on any atom is 0.174 e. The fourth-order valence-corrected chi connectivity index (χ4v) is 2.63. The summed E-state index contributed by atoms with van der Waals surface area (Å²) in [6.07, 6.45) is 0. The van der Waals surface area contributed by atoms with Crippen LogP contribution in [0, 0.1) is 11.3 Å². The summed E-state index contributed by atoms with van der Waals surface area (Å²) in [5.41, 5.74) is 1.97. The summed E-state index contributed by atoms with van der Waals surface area (Å²) in [5, 5.41) is 13.1. The molecule has 0 bridgehead atoms. The third-order valence-corrected chi connectivity index (χ3v) is 3.67. The molecule has 0 spiro atoms. The molecule has 4 heteroatoms. The predicted molar refractivity (Wildman–Crippen MR) is 80.0 cm³/mol. The Morgan fingerprint density at radius 3 is 2.90 bits per heavy atom. The van der Waals surface area contributed by atoms with Gasteiger partial charge in [-0.1, -0.05) is 30.3 Å². The smallest absolute Gasteiger partial charge is 0.174 e. The van der Waals surface area contributed by atoms with Gasteiger partial charge in [-0.05, 0) is 23.3 Å². The van der Waals surface area contributed by atoms with Gasteiger partial charge in [-0.2, -0.15) is 5.26 Å². The molecule has 0 aromatic heterocycles. The lowest BCUT2D eigenvalue weighted by atomic mass is 9.86. The summed E-state index contributed by atoms with van der Waals surface area (Å²) < 4.78 is 10.8. The predicted octanol–water partition coefficient (Wildman–Crippen LogP) is 3.06. The van der Waals surface area contributed by atoms with E-state index >= 15 is 0 Å². The van der Waals surface area contributed by atoms with Crippen molar-refractivity contribution in [1.29, 1.82) is 5.26 Å². The average molecular weight is 280 g/mol. The number of hydrogen-bond acceptors (Lipinski definition) is 4. The normalized spacial score (nSPS) is 20.2. The van der Waals surface area contributed by atoms with E-state index in [9.17, 15) is 5.26 Å². The molecule has 1 atom stereocenters. The Morgan fingerprint density at radius 2 is 2.10 bits per heavy atom. The molecule has 4 nitrogen and oxygen atoms in total. The van der Waals surface area contributed by atoms with Gasteiger partial charge in [0.05, 0.1) is 26.4 Å². The third-order valence-electron chi connectivity index (χ3n) is 3.67. The molecule has 0 amide bonds. The highest BCUT2D eigenvalue weighted by atomic mass is 16.5. The Kier molecular flexibility index (Phi) is 3.51. The quantitative estimate of drug-likeness (QED) is 0.938. The number of nitriles is 1. The molecule has 1 aliphatic heterocycles. The molecule has 0 radical (unpaired) electrons. The van der Waals surface area contributed by atoms with Gasteiger partial charge in [0.2, 0.25) is 0 Å². The average Bonchev–Trinajstić information content (AvgIpc) is 2.55. The van der Waals surface area contributed by atoms with Crippen molar-refractivity contribution in [2.45, 2.75) is 12.1 Å². The Hall–Kier alpha value is -2.51. The van der Waals surface area contributed by atoms with E-state index in [0.29, 0.717) is 13.2 Å². The molecule has 0 saturated carbocycles. The van der Waals surface area contributed by atoms with Crippen LogP contribution in [0.1, 0.15) is 11.1 Å². The Balaban J connectivity index is 2.01. The van der Waals surface area contributed by atoms with Crippen LogP contribution in [0.25, 0.3) is 0 Å². The lowest BCUT2D eigenvalue weighted by Gasteiger charge is -2.34. The van der Waals surface area contributed by atoms with Crippen LogP contribution in [-0.4, -0.2) is 13.7 Å². The molecule has 2 aromatic carbocycles. The van der Waals surface area contributed by atoms with Crippen LogP contribution in [-0.2, 0) is 16.9 Å². The first kappa shape index (κ1) is 13.5. The van der Waals surface area contributed by atoms with Crippen molar-refractivity contribution in [3.8, 4) is 11.8 Å². The van der Waals surface area contributed by atoms with E-state index in [0.717, 1.165) is 22.6 Å². The topological polar surface area (TPSA) is 54.3 Å². The van der Waals surface area contributed by atoms with Crippen LogP contribution in [0.2, 0.25) is 0 Å². The molecule has 21 heavy (non-hydrogen) atoms. The van der Waals surface area contributed by atoms with E-state index in [1.807, 2.05) is 48.5 Å². The van der Waals surface area contributed by atoms with Crippen LogP contribution in [0.5, 0.6) is 5.75 Å². The first-order valence-electron chi connectivity index (χ1n) is 6.77. The van der Waals surface area contributed by atoms with Gasteiger partial charge in [-0.3, -0.25) is 0 Å². The van der Waals surface area contributed by atoms with Crippen molar-refractivity contribution in [3.63, 3.8) is 0 Å². The number of nitrogens with zero attached hydrogens (tertiary/aromatic N) is 1. The summed E-state index contributed by atoms with van der Waals surface area (Å²) in [6, 6.07) is 17.8. The van der Waals surface area contributed by atoms with E-state index in [4.69, 9.17) is 9.47 Å². The summed E-state index contributed by atoms with van der Waals surface area (Å²) in [6.45, 7) is 0.858. The van der Waals surface area contributed by atoms with Gasteiger partial charge in [0.25, 0.3) is 0 Å². The van der Waals surface area contributed by atoms with Crippen LogP contribution in [0.3, 0.4) is 0 Å². The SMILES string of the molecule is COc1cccc(NC2(C#N)COCc3ccccc32)c1. The number of anilines is 1. The van der Waals surface area contributed by atoms with Crippen molar-refractivity contribution in [3.05, 3.63) is 59.7 Å². The highest BCUT2D eigenvalue weighted by Gasteiger charge is 2.37. The molecule has 0 aliphatic carbocycles. The minimum Gasteiger partial charge on any atom is -0.497 e. The molecule has 3 rings (SSSR count). The van der Waals surface area contributed by atoms with Crippen LogP contribution >= 0.6 is 0 Å². The zero-order valence-corrected chi connectivity index (χ0v) is 11.8. The molecule has 1 N–H and O–H groups in total. The minimum atomic E-state index is -0.874. The summed E-state index contributed by atoms with van der Waals surface area (Å²) in [7, 11) is 1.62. The number of nitrogens with one attached hydrogen (secondary N) is 1. The van der Waals surface area contributed by atoms with E-state index in [2.05, 4.69) is 11.4 Å². The summed E-state index contributed by atoms with van der Waals surface area (Å²) in [4.78, 5) is 0. The van der Waals surface area contributed by atoms with Crippen LogP contribution in [0.15, 0.2) is 48.5 Å². The number of methoxy groups -OCH3 is 1. The second-order valence-electron chi connectivity index (χ2n) is 5.02. The molecule has 106 valence electrons. The maximum absolute atomic E-state index is 9.75. The van der Waals surface area contributed by atoms with Crippen molar-refractivity contribution in [2.75, 3.05) is 19.0 Å². The standard InChI is InChI=1S/C17H16N2O2/c1-20-15-7-4-6-14(9-15)19-17(11-18)12-21-10-13-5-2-3-8-16(13)17/h2-9,19H,10,12H2,1H3. The zero-order valence-electron chi connectivity index (χ0n) is 11.8. The van der Waals surface area contributed by atoms with Crippen molar-refractivity contribution < 1.29 is 9.47 Å². The van der Waals surface area contributed by atoms with Crippen LogP contribution < -0.4 is 10.1 Å². The molecular formula is C17H16N2O2. The largest absolute Gasteiger partial charge is 0.497 e. The molecule has 2 aromatic rings. The summed E-state index contributed by atoms with van der Waals surface area (Å²) >= 11 is 0. The maximum atomic E-state index is 9.75. The monoisotopic (exact) mass is 280 g/mol. The molecule has 0 fully saturated rings. The first-order valence-corrected chi connectivity index (χ1v) is 6.77. The molecule has 1 unspecified atom stereocenters. The minimum absolute atomic E-state index is 0.317. The zero-order chi connectivity index (χ0) is 14.7. The molecule has 1 heterocycles. The van der Waals surface area contributed by atoms with Gasteiger partial charge in [-0.25, -0.2) is 0 Å². The Bertz CT molecular complexity index is 693. The number of fused-ring (bicyclic) bond motifs is 1. The van der Waals surface area contributed by atoms with Crippen molar-refractivity contribution in [2.24, 2.45) is 0 Å². The first-order chi connectivity index (χ1) is 10.3. The van der Waals surface area contributed by atoms with Gasteiger partial charge in [-0.15, -0.1) is 0 Å². The molecule has 0 saturated heterocycles. The second-order valence-corrected chi connectivity index (χ2v) is 5.02. The van der Waals surface area contributed by atoms with Crippen molar-refractivity contribution >= 4 is 5.69 Å². The molecule has 1 aliphatic rings. The van der Waals surface area contributed by atoms with E-state index in [-0.39, 0.29) is 0 Å². The summed E-state index contributed by atoms with van der Waals surface area (Å²) in [5.74, 6) is 0.748.